The molecule has 6 nitrogen and oxygen atoms in total. The van der Waals surface area contributed by atoms with Gasteiger partial charge < -0.3 is 14.8 Å². The van der Waals surface area contributed by atoms with E-state index in [1.807, 2.05) is 62.4 Å². The number of aromatic nitrogens is 2. The van der Waals surface area contributed by atoms with E-state index in [1.54, 1.807) is 0 Å². The molecule has 0 aliphatic heterocycles. The summed E-state index contributed by atoms with van der Waals surface area (Å²) in [6.07, 6.45) is 0.947. The maximum Gasteiger partial charge on any atom is 0.226 e. The Morgan fingerprint density at radius 1 is 1.00 bits per heavy atom. The summed E-state index contributed by atoms with van der Waals surface area (Å²) >= 11 is 1.36. The van der Waals surface area contributed by atoms with Crippen molar-refractivity contribution in [2.24, 2.45) is 0 Å². The van der Waals surface area contributed by atoms with Gasteiger partial charge in [-0.3, -0.25) is 4.79 Å². The average molecular weight is 398 g/mol. The summed E-state index contributed by atoms with van der Waals surface area (Å²) < 4.78 is 11.2. The predicted molar refractivity (Wildman–Crippen MR) is 111 cm³/mol. The van der Waals surface area contributed by atoms with E-state index in [0.717, 1.165) is 21.9 Å². The maximum absolute atomic E-state index is 12.3. The second kappa shape index (κ2) is 9.85. The number of anilines is 1. The molecule has 3 aromatic rings. The van der Waals surface area contributed by atoms with Crippen LogP contribution in [-0.2, 0) is 11.2 Å². The Bertz CT molecular complexity index is 912. The number of amides is 1. The fraction of sp³-hybridized carbons (Fsp3) is 0.286. The summed E-state index contributed by atoms with van der Waals surface area (Å²) in [5.41, 5.74) is 2.00. The number of nitrogens with one attached hydrogen (secondary N) is 1. The van der Waals surface area contributed by atoms with E-state index in [0.29, 0.717) is 36.9 Å². The van der Waals surface area contributed by atoms with Gasteiger partial charge >= 0.3 is 0 Å². The van der Waals surface area contributed by atoms with Gasteiger partial charge in [-0.15, -0.1) is 10.2 Å². The van der Waals surface area contributed by atoms with Crippen molar-refractivity contribution < 1.29 is 14.3 Å². The molecule has 0 fully saturated rings. The number of nitrogens with zero attached hydrogens (tertiary/aromatic N) is 2. The monoisotopic (exact) mass is 397 g/mol. The molecule has 28 heavy (non-hydrogen) atoms. The first-order valence-corrected chi connectivity index (χ1v) is 10.1. The molecule has 7 heteroatoms. The molecule has 0 saturated carbocycles. The smallest absolute Gasteiger partial charge is 0.226 e. The van der Waals surface area contributed by atoms with E-state index < -0.39 is 0 Å². The first-order valence-electron chi connectivity index (χ1n) is 9.27. The van der Waals surface area contributed by atoms with Crippen LogP contribution in [-0.4, -0.2) is 29.3 Å². The highest BCUT2D eigenvalue weighted by atomic mass is 32.1. The number of carbonyl (C=O) groups excluding carboxylic acids is 1. The molecule has 0 aliphatic carbocycles. The first kappa shape index (κ1) is 19.8. The lowest BCUT2D eigenvalue weighted by Crippen LogP contribution is -2.12. The summed E-state index contributed by atoms with van der Waals surface area (Å²) in [5, 5.41) is 12.3. The third-order valence-electron chi connectivity index (χ3n) is 3.94. The van der Waals surface area contributed by atoms with Crippen LogP contribution in [0, 0.1) is 0 Å². The molecule has 146 valence electrons. The van der Waals surface area contributed by atoms with Gasteiger partial charge in [-0.1, -0.05) is 47.7 Å². The third kappa shape index (κ3) is 5.29. The molecule has 1 heterocycles. The van der Waals surface area contributed by atoms with Crippen LogP contribution in [0.3, 0.4) is 0 Å². The Kier molecular flexibility index (Phi) is 6.97. The highest BCUT2D eigenvalue weighted by Gasteiger charge is 2.11. The van der Waals surface area contributed by atoms with Crippen molar-refractivity contribution in [3.05, 3.63) is 54.1 Å². The zero-order chi connectivity index (χ0) is 19.8. The topological polar surface area (TPSA) is 73.3 Å². The van der Waals surface area contributed by atoms with Crippen molar-refractivity contribution in [2.45, 2.75) is 26.7 Å². The molecule has 1 amide bonds. The summed E-state index contributed by atoms with van der Waals surface area (Å²) in [5.74, 6) is 1.33. The molecule has 3 rings (SSSR count). The zero-order valence-corrected chi connectivity index (χ0v) is 16.8. The number of aryl methyl sites for hydroxylation is 1. The van der Waals surface area contributed by atoms with Crippen molar-refractivity contribution in [2.75, 3.05) is 18.5 Å². The van der Waals surface area contributed by atoms with E-state index in [-0.39, 0.29) is 5.91 Å². The lowest BCUT2D eigenvalue weighted by Gasteiger charge is -2.12. The van der Waals surface area contributed by atoms with Gasteiger partial charge in [0.2, 0.25) is 11.0 Å². The molecular weight excluding hydrogens is 374 g/mol. The molecule has 0 spiro atoms. The van der Waals surface area contributed by atoms with Crippen LogP contribution in [0.25, 0.3) is 10.6 Å². The molecule has 0 bridgehead atoms. The molecule has 1 aromatic heterocycles. The molecular formula is C21H23N3O3S. The Labute approximate surface area is 168 Å². The SMILES string of the molecule is CCOc1ccc(CCC(=O)Nc2nnc(-c3ccccc3)s2)cc1OCC. The van der Waals surface area contributed by atoms with E-state index >= 15 is 0 Å². The summed E-state index contributed by atoms with van der Waals surface area (Å²) in [6, 6.07) is 15.6. The first-order chi connectivity index (χ1) is 13.7. The van der Waals surface area contributed by atoms with Gasteiger partial charge in [0.15, 0.2) is 11.5 Å². The van der Waals surface area contributed by atoms with Crippen LogP contribution < -0.4 is 14.8 Å². The lowest BCUT2D eigenvalue weighted by molar-refractivity contribution is -0.116. The number of rotatable bonds is 9. The molecule has 2 aromatic carbocycles. The van der Waals surface area contributed by atoms with E-state index in [1.165, 1.54) is 11.3 Å². The van der Waals surface area contributed by atoms with E-state index in [9.17, 15) is 4.79 Å². The summed E-state index contributed by atoms with van der Waals surface area (Å²) in [6.45, 7) is 5.01. The molecule has 0 unspecified atom stereocenters. The lowest BCUT2D eigenvalue weighted by atomic mass is 10.1. The highest BCUT2D eigenvalue weighted by molar-refractivity contribution is 7.18. The third-order valence-corrected chi connectivity index (χ3v) is 4.83. The molecule has 0 radical (unpaired) electrons. The Morgan fingerprint density at radius 3 is 2.50 bits per heavy atom. The maximum atomic E-state index is 12.3. The summed E-state index contributed by atoms with van der Waals surface area (Å²) in [4.78, 5) is 12.3. The number of ether oxygens (including phenoxy) is 2. The Balaban J connectivity index is 1.57. The van der Waals surface area contributed by atoms with Crippen molar-refractivity contribution in [1.29, 1.82) is 0 Å². The Hall–Kier alpha value is -2.93. The quantitative estimate of drug-likeness (QED) is 0.572. The van der Waals surface area contributed by atoms with Crippen LogP contribution in [0.2, 0.25) is 0 Å². The minimum Gasteiger partial charge on any atom is -0.490 e. The van der Waals surface area contributed by atoms with Crippen molar-refractivity contribution in [3.63, 3.8) is 0 Å². The molecule has 0 saturated heterocycles. The standard InChI is InChI=1S/C21H23N3O3S/c1-3-26-17-12-10-15(14-18(17)27-4-2)11-13-19(25)22-21-24-23-20(28-21)16-8-6-5-7-9-16/h5-10,12,14H,3-4,11,13H2,1-2H3,(H,22,24,25). The second-order valence-electron chi connectivity index (χ2n) is 5.97. The minimum atomic E-state index is -0.0948. The van der Waals surface area contributed by atoms with Crippen LogP contribution in [0.1, 0.15) is 25.8 Å². The minimum absolute atomic E-state index is 0.0948. The van der Waals surface area contributed by atoms with Crippen LogP contribution in [0.5, 0.6) is 11.5 Å². The van der Waals surface area contributed by atoms with Crippen molar-refractivity contribution in [3.8, 4) is 22.1 Å². The van der Waals surface area contributed by atoms with Crippen molar-refractivity contribution >= 4 is 22.4 Å². The predicted octanol–water partition coefficient (Wildman–Crippen LogP) is 4.57. The van der Waals surface area contributed by atoms with Crippen LogP contribution >= 0.6 is 11.3 Å². The zero-order valence-electron chi connectivity index (χ0n) is 16.0. The largest absolute Gasteiger partial charge is 0.490 e. The van der Waals surface area contributed by atoms with Gasteiger partial charge in [0.05, 0.1) is 13.2 Å². The van der Waals surface area contributed by atoms with Crippen LogP contribution in [0.4, 0.5) is 5.13 Å². The summed E-state index contributed by atoms with van der Waals surface area (Å²) in [7, 11) is 0. The Morgan fingerprint density at radius 2 is 1.75 bits per heavy atom. The molecule has 0 atom stereocenters. The number of hydrogen-bond donors (Lipinski definition) is 1. The van der Waals surface area contributed by atoms with Crippen molar-refractivity contribution in [1.82, 2.24) is 10.2 Å². The van der Waals surface area contributed by atoms with Crippen LogP contribution in [0.15, 0.2) is 48.5 Å². The molecule has 0 aliphatic rings. The van der Waals surface area contributed by atoms with Gasteiger partial charge in [-0.05, 0) is 38.0 Å². The normalized spacial score (nSPS) is 10.5. The fourth-order valence-electron chi connectivity index (χ4n) is 2.66. The molecule has 1 N–H and O–H groups in total. The van der Waals surface area contributed by atoms with Gasteiger partial charge in [0.25, 0.3) is 0 Å². The van der Waals surface area contributed by atoms with E-state index in [2.05, 4.69) is 15.5 Å². The van der Waals surface area contributed by atoms with Gasteiger partial charge in [0, 0.05) is 12.0 Å². The number of hydrogen-bond acceptors (Lipinski definition) is 6. The van der Waals surface area contributed by atoms with E-state index in [4.69, 9.17) is 9.47 Å². The average Bonchev–Trinajstić information content (AvgIpc) is 3.17. The fourth-order valence-corrected chi connectivity index (χ4v) is 3.43. The number of benzene rings is 2. The number of carbonyl (C=O) groups is 1. The van der Waals surface area contributed by atoms with Gasteiger partial charge in [-0.25, -0.2) is 0 Å². The highest BCUT2D eigenvalue weighted by Crippen LogP contribution is 2.29. The second-order valence-corrected chi connectivity index (χ2v) is 6.95. The van der Waals surface area contributed by atoms with Gasteiger partial charge in [0.1, 0.15) is 5.01 Å². The van der Waals surface area contributed by atoms with Gasteiger partial charge in [-0.2, -0.15) is 0 Å².